The molecule has 1 aromatic heterocycles. The van der Waals surface area contributed by atoms with Crippen molar-refractivity contribution in [3.8, 4) is 22.1 Å². The molecule has 0 aliphatic carbocycles. The van der Waals surface area contributed by atoms with E-state index in [9.17, 15) is 4.79 Å². The van der Waals surface area contributed by atoms with Crippen molar-refractivity contribution < 1.29 is 19.0 Å². The maximum absolute atomic E-state index is 12.7. The van der Waals surface area contributed by atoms with Gasteiger partial charge in [-0.25, -0.2) is 4.98 Å². The first-order chi connectivity index (χ1) is 14.0. The van der Waals surface area contributed by atoms with Crippen LogP contribution in [-0.4, -0.2) is 68.9 Å². The number of benzene rings is 1. The summed E-state index contributed by atoms with van der Waals surface area (Å²) in [4.78, 5) is 19.6. The van der Waals surface area contributed by atoms with Crippen molar-refractivity contribution in [3.63, 3.8) is 0 Å². The minimum atomic E-state index is -0.146. The number of ether oxygens (including phenoxy) is 3. The first-order valence-corrected chi connectivity index (χ1v) is 10.7. The molecule has 8 heteroatoms. The molecule has 2 aromatic rings. The van der Waals surface area contributed by atoms with Gasteiger partial charge in [-0.15, -0.1) is 11.3 Å². The van der Waals surface area contributed by atoms with Crippen molar-refractivity contribution in [1.82, 2.24) is 15.2 Å². The third-order valence-electron chi connectivity index (χ3n) is 5.12. The molecule has 29 heavy (non-hydrogen) atoms. The molecule has 1 amide bonds. The molecule has 1 fully saturated rings. The molecule has 0 saturated carbocycles. The highest BCUT2D eigenvalue weighted by atomic mass is 32.1. The first-order valence-electron chi connectivity index (χ1n) is 9.81. The van der Waals surface area contributed by atoms with E-state index in [1.165, 1.54) is 11.3 Å². The average Bonchev–Trinajstić information content (AvgIpc) is 3.24. The van der Waals surface area contributed by atoms with Gasteiger partial charge >= 0.3 is 0 Å². The topological polar surface area (TPSA) is 72.9 Å². The number of methoxy groups -OCH3 is 2. The van der Waals surface area contributed by atoms with Crippen LogP contribution in [0, 0.1) is 5.92 Å². The molecule has 1 aliphatic heterocycles. The van der Waals surface area contributed by atoms with E-state index >= 15 is 0 Å². The molecule has 0 spiro atoms. The Labute approximate surface area is 176 Å². The minimum Gasteiger partial charge on any atom is -0.493 e. The van der Waals surface area contributed by atoms with E-state index in [-0.39, 0.29) is 11.9 Å². The monoisotopic (exact) mass is 419 g/mol. The summed E-state index contributed by atoms with van der Waals surface area (Å²) >= 11 is 1.44. The Bertz CT molecular complexity index is 818. The summed E-state index contributed by atoms with van der Waals surface area (Å²) in [5.74, 6) is 1.59. The molecule has 3 rings (SSSR count). The number of hydrogen-bond acceptors (Lipinski definition) is 7. The van der Waals surface area contributed by atoms with Gasteiger partial charge in [0.25, 0.3) is 5.91 Å². The maximum Gasteiger partial charge on any atom is 0.270 e. The van der Waals surface area contributed by atoms with E-state index in [1.807, 2.05) is 18.2 Å². The normalized spacial score (nSPS) is 15.9. The van der Waals surface area contributed by atoms with Crippen molar-refractivity contribution in [2.75, 3.05) is 47.1 Å². The average molecular weight is 420 g/mol. The highest BCUT2D eigenvalue weighted by Gasteiger charge is 2.24. The Hall–Kier alpha value is -2.16. The number of nitrogens with zero attached hydrogens (tertiary/aromatic N) is 2. The predicted octanol–water partition coefficient (Wildman–Crippen LogP) is 2.91. The highest BCUT2D eigenvalue weighted by molar-refractivity contribution is 7.13. The molecule has 0 bridgehead atoms. The summed E-state index contributed by atoms with van der Waals surface area (Å²) < 4.78 is 16.1. The molecule has 2 heterocycles. The van der Waals surface area contributed by atoms with Crippen LogP contribution in [0.3, 0.4) is 0 Å². The molecule has 0 radical (unpaired) electrons. The van der Waals surface area contributed by atoms with Gasteiger partial charge in [0.15, 0.2) is 11.5 Å². The maximum atomic E-state index is 12.7. The van der Waals surface area contributed by atoms with Crippen LogP contribution in [0.4, 0.5) is 0 Å². The van der Waals surface area contributed by atoms with Gasteiger partial charge in [-0.3, -0.25) is 9.69 Å². The lowest BCUT2D eigenvalue weighted by Gasteiger charge is -2.36. The Balaban J connectivity index is 1.66. The van der Waals surface area contributed by atoms with E-state index in [4.69, 9.17) is 14.2 Å². The van der Waals surface area contributed by atoms with Crippen molar-refractivity contribution in [2.24, 2.45) is 5.92 Å². The van der Waals surface area contributed by atoms with Crippen LogP contribution in [-0.2, 0) is 4.74 Å². The summed E-state index contributed by atoms with van der Waals surface area (Å²) in [6.45, 7) is 8.27. The van der Waals surface area contributed by atoms with Gasteiger partial charge in [0, 0.05) is 36.6 Å². The van der Waals surface area contributed by atoms with Crippen molar-refractivity contribution in [3.05, 3.63) is 29.3 Å². The Morgan fingerprint density at radius 2 is 1.97 bits per heavy atom. The largest absolute Gasteiger partial charge is 0.493 e. The molecule has 7 nitrogen and oxygen atoms in total. The van der Waals surface area contributed by atoms with E-state index in [2.05, 4.69) is 29.0 Å². The number of aromatic nitrogens is 1. The second kappa shape index (κ2) is 10.0. The summed E-state index contributed by atoms with van der Waals surface area (Å²) in [5.41, 5.74) is 1.32. The molecule has 158 valence electrons. The lowest BCUT2D eigenvalue weighted by molar-refractivity contribution is 0.00671. The fourth-order valence-electron chi connectivity index (χ4n) is 3.46. The predicted molar refractivity (Wildman–Crippen MR) is 114 cm³/mol. The number of rotatable bonds is 8. The second-order valence-electron chi connectivity index (χ2n) is 7.28. The first kappa shape index (κ1) is 21.5. The van der Waals surface area contributed by atoms with E-state index in [0.29, 0.717) is 29.7 Å². The number of morpholine rings is 1. The van der Waals surface area contributed by atoms with E-state index in [0.717, 1.165) is 36.9 Å². The van der Waals surface area contributed by atoms with E-state index in [1.54, 1.807) is 19.6 Å². The van der Waals surface area contributed by atoms with Crippen LogP contribution in [0.5, 0.6) is 11.5 Å². The summed E-state index contributed by atoms with van der Waals surface area (Å²) in [6, 6.07) is 5.90. The standard InChI is InChI=1S/C21H29N3O4S/c1-14(2)17(24-7-9-28-10-8-24)12-22-20(25)16-13-29-21(23-16)15-5-6-18(26-3)19(11-15)27-4/h5-6,11,13-14,17H,7-10,12H2,1-4H3,(H,22,25). The Morgan fingerprint density at radius 3 is 2.62 bits per heavy atom. The molecule has 1 saturated heterocycles. The molecule has 1 unspecified atom stereocenters. The SMILES string of the molecule is COc1ccc(-c2nc(C(=O)NCC(C(C)C)N3CCOCC3)cs2)cc1OC. The van der Waals surface area contributed by atoms with Crippen LogP contribution in [0.2, 0.25) is 0 Å². The van der Waals surface area contributed by atoms with Gasteiger partial charge in [-0.05, 0) is 24.1 Å². The quantitative estimate of drug-likeness (QED) is 0.709. The minimum absolute atomic E-state index is 0.146. The third kappa shape index (κ3) is 5.26. The fraction of sp³-hybridized carbons (Fsp3) is 0.524. The number of carbonyl (C=O) groups is 1. The van der Waals surface area contributed by atoms with Crippen LogP contribution in [0.25, 0.3) is 10.6 Å². The zero-order valence-electron chi connectivity index (χ0n) is 17.4. The zero-order chi connectivity index (χ0) is 20.8. The van der Waals surface area contributed by atoms with Crippen LogP contribution in [0.15, 0.2) is 23.6 Å². The third-order valence-corrected chi connectivity index (χ3v) is 6.01. The Kier molecular flexibility index (Phi) is 7.46. The smallest absolute Gasteiger partial charge is 0.270 e. The lowest BCUT2D eigenvalue weighted by atomic mass is 10.0. The number of nitrogens with one attached hydrogen (secondary N) is 1. The molecule has 1 aromatic carbocycles. The summed E-state index contributed by atoms with van der Waals surface area (Å²) in [7, 11) is 3.20. The van der Waals surface area contributed by atoms with Gasteiger partial charge in [0.1, 0.15) is 10.7 Å². The molecule has 1 atom stereocenters. The second-order valence-corrected chi connectivity index (χ2v) is 8.14. The van der Waals surface area contributed by atoms with Crippen LogP contribution >= 0.6 is 11.3 Å². The van der Waals surface area contributed by atoms with Gasteiger partial charge in [0.2, 0.25) is 0 Å². The van der Waals surface area contributed by atoms with Gasteiger partial charge in [-0.1, -0.05) is 13.8 Å². The van der Waals surface area contributed by atoms with Crippen molar-refractivity contribution >= 4 is 17.2 Å². The fourth-order valence-corrected chi connectivity index (χ4v) is 4.26. The van der Waals surface area contributed by atoms with Crippen molar-refractivity contribution in [2.45, 2.75) is 19.9 Å². The number of amides is 1. The molecule has 1 N–H and O–H groups in total. The number of hydrogen-bond donors (Lipinski definition) is 1. The van der Waals surface area contributed by atoms with Gasteiger partial charge in [-0.2, -0.15) is 0 Å². The zero-order valence-corrected chi connectivity index (χ0v) is 18.3. The Morgan fingerprint density at radius 1 is 1.24 bits per heavy atom. The van der Waals surface area contributed by atoms with Crippen LogP contribution < -0.4 is 14.8 Å². The van der Waals surface area contributed by atoms with Crippen molar-refractivity contribution in [1.29, 1.82) is 0 Å². The number of thiazole rings is 1. The van der Waals surface area contributed by atoms with Gasteiger partial charge < -0.3 is 19.5 Å². The molecular weight excluding hydrogens is 390 g/mol. The summed E-state index contributed by atoms with van der Waals surface area (Å²) in [5, 5.41) is 5.62. The highest BCUT2D eigenvalue weighted by Crippen LogP contribution is 2.33. The van der Waals surface area contributed by atoms with E-state index < -0.39 is 0 Å². The van der Waals surface area contributed by atoms with Crippen LogP contribution in [0.1, 0.15) is 24.3 Å². The number of carbonyl (C=O) groups excluding carboxylic acids is 1. The summed E-state index contributed by atoms with van der Waals surface area (Å²) in [6.07, 6.45) is 0. The molecular formula is C21H29N3O4S. The van der Waals surface area contributed by atoms with Gasteiger partial charge in [0.05, 0.1) is 27.4 Å². The molecule has 1 aliphatic rings. The lowest BCUT2D eigenvalue weighted by Crippen LogP contribution is -2.51.